The molecule has 26 heavy (non-hydrogen) atoms. The predicted molar refractivity (Wildman–Crippen MR) is 104 cm³/mol. The number of aryl methyl sites for hydroxylation is 1. The second-order valence-electron chi connectivity index (χ2n) is 7.22. The Morgan fingerprint density at radius 3 is 2.65 bits per heavy atom. The van der Waals surface area contributed by atoms with Gasteiger partial charge in [0.2, 0.25) is 0 Å². The third-order valence-corrected chi connectivity index (χ3v) is 5.97. The van der Waals surface area contributed by atoms with Crippen LogP contribution in [0.2, 0.25) is 0 Å². The van der Waals surface area contributed by atoms with Crippen LogP contribution in [0, 0.1) is 18.3 Å². The van der Waals surface area contributed by atoms with Crippen LogP contribution < -0.4 is 0 Å². The molecular weight excluding hydrogens is 340 g/mol. The Balaban J connectivity index is 1.91. The van der Waals surface area contributed by atoms with Crippen molar-refractivity contribution in [1.82, 2.24) is 4.98 Å². The van der Waals surface area contributed by atoms with Gasteiger partial charge in [-0.15, -0.1) is 11.3 Å². The normalized spacial score (nSPS) is 13.1. The van der Waals surface area contributed by atoms with Crippen LogP contribution in [0.3, 0.4) is 0 Å². The standard InChI is InChI=1S/C22H18N2OS/c1-13-4-5-14-10-17(25)21-16(8-9-26-21)20(14)19(13)15-6-7-18(24-11-15)22(2,3)12-23/h4-9,11H,10H2,1-3H3. The fourth-order valence-electron chi connectivity index (χ4n) is 3.52. The zero-order chi connectivity index (χ0) is 18.5. The first-order valence-corrected chi connectivity index (χ1v) is 9.42. The fourth-order valence-corrected chi connectivity index (χ4v) is 4.36. The van der Waals surface area contributed by atoms with Crippen LogP contribution >= 0.6 is 11.3 Å². The molecule has 4 heteroatoms. The van der Waals surface area contributed by atoms with Crippen molar-refractivity contribution in [2.24, 2.45) is 0 Å². The molecule has 1 aliphatic rings. The van der Waals surface area contributed by atoms with Crippen LogP contribution in [0.1, 0.15) is 40.3 Å². The van der Waals surface area contributed by atoms with Crippen molar-refractivity contribution in [3.05, 3.63) is 63.6 Å². The van der Waals surface area contributed by atoms with Crippen molar-refractivity contribution in [1.29, 1.82) is 5.26 Å². The predicted octanol–water partition coefficient (Wildman–Crippen LogP) is 5.33. The number of pyridine rings is 1. The molecule has 0 fully saturated rings. The van der Waals surface area contributed by atoms with E-state index in [1.807, 2.05) is 43.6 Å². The first-order chi connectivity index (χ1) is 12.4. The lowest BCUT2D eigenvalue weighted by molar-refractivity contribution is 0.0996. The fraction of sp³-hybridized carbons (Fsp3) is 0.227. The second-order valence-corrected chi connectivity index (χ2v) is 8.14. The number of rotatable bonds is 2. The molecule has 128 valence electrons. The summed E-state index contributed by atoms with van der Waals surface area (Å²) in [6.45, 7) is 5.83. The van der Waals surface area contributed by atoms with Crippen LogP contribution in [0.25, 0.3) is 22.3 Å². The topological polar surface area (TPSA) is 53.8 Å². The van der Waals surface area contributed by atoms with Crippen LogP contribution in [0.5, 0.6) is 0 Å². The van der Waals surface area contributed by atoms with Gasteiger partial charge in [0.15, 0.2) is 5.78 Å². The van der Waals surface area contributed by atoms with Crippen molar-refractivity contribution in [2.45, 2.75) is 32.6 Å². The van der Waals surface area contributed by atoms with E-state index in [2.05, 4.69) is 30.1 Å². The number of benzene rings is 1. The summed E-state index contributed by atoms with van der Waals surface area (Å²) < 4.78 is 0. The van der Waals surface area contributed by atoms with E-state index in [-0.39, 0.29) is 5.78 Å². The Hall–Kier alpha value is -2.77. The summed E-state index contributed by atoms with van der Waals surface area (Å²) in [7, 11) is 0. The molecular formula is C22H18N2OS. The quantitative estimate of drug-likeness (QED) is 0.622. The molecule has 0 saturated carbocycles. The van der Waals surface area contributed by atoms with Gasteiger partial charge in [0.05, 0.1) is 22.1 Å². The molecule has 0 amide bonds. The summed E-state index contributed by atoms with van der Waals surface area (Å²) in [6, 6.07) is 12.4. The highest BCUT2D eigenvalue weighted by Gasteiger charge is 2.27. The lowest BCUT2D eigenvalue weighted by atomic mass is 9.82. The van der Waals surface area contributed by atoms with Gasteiger partial charge in [-0.3, -0.25) is 9.78 Å². The summed E-state index contributed by atoms with van der Waals surface area (Å²) in [4.78, 5) is 17.8. The lowest BCUT2D eigenvalue weighted by Gasteiger charge is -2.22. The number of Topliss-reactive ketones (excluding diaryl/α,β-unsaturated/α-hetero) is 1. The number of nitrogens with zero attached hydrogens (tertiary/aromatic N) is 2. The van der Waals surface area contributed by atoms with Crippen molar-refractivity contribution >= 4 is 17.1 Å². The molecule has 0 radical (unpaired) electrons. The molecule has 1 aromatic carbocycles. The van der Waals surface area contributed by atoms with E-state index < -0.39 is 5.41 Å². The number of carbonyl (C=O) groups is 1. The van der Waals surface area contributed by atoms with Crippen molar-refractivity contribution in [2.75, 3.05) is 0 Å². The van der Waals surface area contributed by atoms with Gasteiger partial charge < -0.3 is 0 Å². The van der Waals surface area contributed by atoms with Gasteiger partial charge in [0.1, 0.15) is 0 Å². The number of hydrogen-bond donors (Lipinski definition) is 0. The number of hydrogen-bond acceptors (Lipinski definition) is 4. The molecule has 0 unspecified atom stereocenters. The Labute approximate surface area is 157 Å². The van der Waals surface area contributed by atoms with Gasteiger partial charge in [0.25, 0.3) is 0 Å². The van der Waals surface area contributed by atoms with Gasteiger partial charge in [-0.25, -0.2) is 0 Å². The molecule has 0 N–H and O–H groups in total. The maximum absolute atomic E-state index is 12.4. The van der Waals surface area contributed by atoms with Crippen LogP contribution in [-0.2, 0) is 11.8 Å². The Morgan fingerprint density at radius 2 is 1.96 bits per heavy atom. The van der Waals surface area contributed by atoms with Gasteiger partial charge in [-0.2, -0.15) is 5.26 Å². The first-order valence-electron chi connectivity index (χ1n) is 8.54. The molecule has 3 aromatic rings. The highest BCUT2D eigenvalue weighted by atomic mass is 32.1. The lowest BCUT2D eigenvalue weighted by Crippen LogP contribution is -2.15. The molecule has 0 aliphatic heterocycles. The monoisotopic (exact) mass is 358 g/mol. The summed E-state index contributed by atoms with van der Waals surface area (Å²) in [5, 5.41) is 11.3. The smallest absolute Gasteiger partial charge is 0.177 e. The summed E-state index contributed by atoms with van der Waals surface area (Å²) in [5.74, 6) is 0.196. The number of fused-ring (bicyclic) bond motifs is 3. The molecule has 0 spiro atoms. The summed E-state index contributed by atoms with van der Waals surface area (Å²) in [6.07, 6.45) is 2.29. The van der Waals surface area contributed by atoms with E-state index in [9.17, 15) is 10.1 Å². The number of thiophene rings is 1. The third-order valence-electron chi connectivity index (χ3n) is 5.01. The van der Waals surface area contributed by atoms with Gasteiger partial charge >= 0.3 is 0 Å². The zero-order valence-electron chi connectivity index (χ0n) is 15.0. The van der Waals surface area contributed by atoms with E-state index in [0.29, 0.717) is 6.42 Å². The SMILES string of the molecule is Cc1ccc2c(c1-c1ccc(C(C)(C)C#N)nc1)-c1ccsc1C(=O)C2. The maximum Gasteiger partial charge on any atom is 0.177 e. The van der Waals surface area contributed by atoms with E-state index in [1.165, 1.54) is 11.3 Å². The minimum atomic E-state index is -0.614. The number of ketones is 1. The van der Waals surface area contributed by atoms with E-state index in [1.54, 1.807) is 0 Å². The minimum absolute atomic E-state index is 0.196. The number of aromatic nitrogens is 1. The van der Waals surface area contributed by atoms with Crippen molar-refractivity contribution in [3.8, 4) is 28.3 Å². The number of carbonyl (C=O) groups excluding carboxylic acids is 1. The molecule has 4 rings (SSSR count). The largest absolute Gasteiger partial charge is 0.293 e. The Bertz CT molecular complexity index is 1070. The average molecular weight is 358 g/mol. The Morgan fingerprint density at radius 1 is 1.15 bits per heavy atom. The van der Waals surface area contributed by atoms with Crippen LogP contribution in [-0.4, -0.2) is 10.8 Å². The van der Waals surface area contributed by atoms with Gasteiger partial charge in [-0.1, -0.05) is 18.2 Å². The third kappa shape index (κ3) is 2.48. The first kappa shape index (κ1) is 16.7. The molecule has 0 atom stereocenters. The van der Waals surface area contributed by atoms with E-state index >= 15 is 0 Å². The summed E-state index contributed by atoms with van der Waals surface area (Å²) in [5.41, 5.74) is 6.70. The molecule has 1 aliphatic carbocycles. The molecule has 0 saturated heterocycles. The van der Waals surface area contributed by atoms with Gasteiger partial charge in [-0.05, 0) is 60.5 Å². The van der Waals surface area contributed by atoms with Crippen molar-refractivity contribution < 1.29 is 4.79 Å². The Kier molecular flexibility index (Phi) is 3.78. The highest BCUT2D eigenvalue weighted by Crippen LogP contribution is 2.44. The minimum Gasteiger partial charge on any atom is -0.293 e. The highest BCUT2D eigenvalue weighted by molar-refractivity contribution is 7.12. The van der Waals surface area contributed by atoms with Crippen LogP contribution in [0.4, 0.5) is 0 Å². The maximum atomic E-state index is 12.4. The second kappa shape index (κ2) is 5.89. The zero-order valence-corrected chi connectivity index (χ0v) is 15.8. The molecule has 3 nitrogen and oxygen atoms in total. The summed E-state index contributed by atoms with van der Waals surface area (Å²) >= 11 is 1.51. The molecule has 2 aromatic heterocycles. The van der Waals surface area contributed by atoms with E-state index in [0.717, 1.165) is 44.0 Å². The van der Waals surface area contributed by atoms with Crippen LogP contribution in [0.15, 0.2) is 41.9 Å². The van der Waals surface area contributed by atoms with Crippen molar-refractivity contribution in [3.63, 3.8) is 0 Å². The van der Waals surface area contributed by atoms with Gasteiger partial charge in [0, 0.05) is 23.7 Å². The molecule has 0 bridgehead atoms. The van der Waals surface area contributed by atoms with E-state index in [4.69, 9.17) is 0 Å². The number of nitriles is 1. The average Bonchev–Trinajstić information content (AvgIpc) is 3.13. The molecule has 2 heterocycles.